The van der Waals surface area contributed by atoms with E-state index in [9.17, 15) is 27.2 Å². The highest BCUT2D eigenvalue weighted by Gasteiger charge is 2.40. The van der Waals surface area contributed by atoms with Crippen LogP contribution in [0.25, 0.3) is 11.3 Å². The average Bonchev–Trinajstić information content (AvgIpc) is 3.09. The Morgan fingerprint density at radius 2 is 1.92 bits per heavy atom. The third-order valence-electron chi connectivity index (χ3n) is 6.77. The molecule has 0 bridgehead atoms. The molecule has 1 aliphatic carbocycles. The summed E-state index contributed by atoms with van der Waals surface area (Å²) in [6.07, 6.45) is 1.70. The van der Waals surface area contributed by atoms with Crippen LogP contribution in [0, 0.1) is 17.0 Å². The van der Waals surface area contributed by atoms with Gasteiger partial charge in [0.2, 0.25) is 0 Å². The number of H-pyrrole nitrogens is 1. The smallest absolute Gasteiger partial charge is 0.274 e. The topological polar surface area (TPSA) is 91.8 Å². The minimum Gasteiger partial charge on any atom is -0.332 e. The fourth-order valence-electron chi connectivity index (χ4n) is 4.97. The first-order chi connectivity index (χ1) is 17.6. The fraction of sp³-hybridized carbons (Fsp3) is 0.423. The summed E-state index contributed by atoms with van der Waals surface area (Å²) in [5.41, 5.74) is 0.739. The summed E-state index contributed by atoms with van der Waals surface area (Å²) in [7, 11) is 0. The summed E-state index contributed by atoms with van der Waals surface area (Å²) in [4.78, 5) is 31.0. The van der Waals surface area contributed by atoms with Gasteiger partial charge in [0.25, 0.3) is 17.9 Å². The lowest BCUT2D eigenvalue weighted by molar-refractivity contribution is 0.0544. The van der Waals surface area contributed by atoms with Crippen LogP contribution in [0.1, 0.15) is 60.8 Å². The second-order valence-electron chi connectivity index (χ2n) is 9.88. The Hall–Kier alpha value is -3.63. The van der Waals surface area contributed by atoms with Crippen molar-refractivity contribution in [3.8, 4) is 11.3 Å². The first kappa shape index (κ1) is 26.4. The monoisotopic (exact) mass is 517 g/mol. The van der Waals surface area contributed by atoms with Crippen LogP contribution >= 0.6 is 0 Å². The van der Waals surface area contributed by atoms with Crippen molar-refractivity contribution < 1.29 is 22.4 Å². The number of unbranched alkanes of at least 4 members (excludes halogenated alkanes) is 1. The van der Waals surface area contributed by atoms with E-state index < -0.39 is 36.1 Å². The largest absolute Gasteiger partial charge is 0.332 e. The number of carbonyl (C=O) groups is 1. The Balaban J connectivity index is 1.46. The molecule has 4 rings (SSSR count). The molecule has 1 aliphatic rings. The van der Waals surface area contributed by atoms with Crippen LogP contribution in [0.4, 0.5) is 17.6 Å². The molecule has 11 heteroatoms. The number of fused-ring (bicyclic) bond motifs is 1. The average molecular weight is 518 g/mol. The predicted molar refractivity (Wildman–Crippen MR) is 128 cm³/mol. The number of alkyl halides is 2. The fourth-order valence-corrected chi connectivity index (χ4v) is 4.97. The SMILES string of the molecule is CC1(C)Cc2nnc(-c3c(F)cccc3F)cc2[C@H]1CCCCN(CC(F)F)C(=O)c1c[nH]c(=O)cn1. The van der Waals surface area contributed by atoms with Crippen LogP contribution < -0.4 is 5.56 Å². The van der Waals surface area contributed by atoms with Gasteiger partial charge in [-0.15, -0.1) is 0 Å². The number of nitrogens with zero attached hydrogens (tertiary/aromatic N) is 4. The summed E-state index contributed by atoms with van der Waals surface area (Å²) in [6, 6.07) is 5.32. The molecule has 0 aliphatic heterocycles. The molecule has 0 unspecified atom stereocenters. The van der Waals surface area contributed by atoms with E-state index in [1.165, 1.54) is 18.2 Å². The highest BCUT2D eigenvalue weighted by Crippen LogP contribution is 2.49. The molecule has 0 fully saturated rings. The molecule has 1 amide bonds. The van der Waals surface area contributed by atoms with Crippen LogP contribution in [0.15, 0.2) is 41.5 Å². The van der Waals surface area contributed by atoms with E-state index in [4.69, 9.17) is 0 Å². The maximum Gasteiger partial charge on any atom is 0.274 e. The predicted octanol–water partition coefficient (Wildman–Crippen LogP) is 4.75. The van der Waals surface area contributed by atoms with Crippen LogP contribution in [0.5, 0.6) is 0 Å². The summed E-state index contributed by atoms with van der Waals surface area (Å²) in [5.74, 6) is -2.12. The first-order valence-corrected chi connectivity index (χ1v) is 12.0. The zero-order valence-corrected chi connectivity index (χ0v) is 20.5. The van der Waals surface area contributed by atoms with Gasteiger partial charge in [-0.2, -0.15) is 10.2 Å². The summed E-state index contributed by atoms with van der Waals surface area (Å²) in [5, 5.41) is 8.33. The number of carbonyl (C=O) groups excluding carboxylic acids is 1. The normalized spacial score (nSPS) is 16.1. The van der Waals surface area contributed by atoms with Crippen molar-refractivity contribution in [3.05, 3.63) is 75.6 Å². The second kappa shape index (κ2) is 10.8. The lowest BCUT2D eigenvalue weighted by Gasteiger charge is -2.28. The molecular formula is C26H27F4N5O2. The van der Waals surface area contributed by atoms with E-state index in [0.29, 0.717) is 25.7 Å². The Kier molecular flexibility index (Phi) is 7.70. The third-order valence-corrected chi connectivity index (χ3v) is 6.77. The number of hydrogen-bond acceptors (Lipinski definition) is 5. The molecule has 7 nitrogen and oxygen atoms in total. The van der Waals surface area contributed by atoms with Gasteiger partial charge in [-0.1, -0.05) is 26.3 Å². The summed E-state index contributed by atoms with van der Waals surface area (Å²) < 4.78 is 55.0. The van der Waals surface area contributed by atoms with E-state index in [-0.39, 0.29) is 34.8 Å². The van der Waals surface area contributed by atoms with E-state index in [1.807, 2.05) is 0 Å². The van der Waals surface area contributed by atoms with Gasteiger partial charge in [-0.3, -0.25) is 9.59 Å². The number of aromatic nitrogens is 4. The van der Waals surface area contributed by atoms with Crippen LogP contribution in [0.3, 0.4) is 0 Å². The zero-order chi connectivity index (χ0) is 26.7. The second-order valence-corrected chi connectivity index (χ2v) is 9.88. The number of aromatic amines is 1. The van der Waals surface area contributed by atoms with Crippen molar-refractivity contribution in [2.75, 3.05) is 13.1 Å². The van der Waals surface area contributed by atoms with E-state index in [1.54, 1.807) is 6.07 Å². The van der Waals surface area contributed by atoms with Gasteiger partial charge in [0.1, 0.15) is 17.3 Å². The van der Waals surface area contributed by atoms with Crippen molar-refractivity contribution >= 4 is 5.91 Å². The maximum atomic E-state index is 14.3. The van der Waals surface area contributed by atoms with Crippen molar-refractivity contribution in [2.45, 2.75) is 51.9 Å². The molecule has 0 spiro atoms. The molecule has 37 heavy (non-hydrogen) atoms. The molecular weight excluding hydrogens is 490 g/mol. The van der Waals surface area contributed by atoms with Crippen LogP contribution in [0.2, 0.25) is 0 Å². The van der Waals surface area contributed by atoms with Gasteiger partial charge in [0, 0.05) is 12.7 Å². The number of amides is 1. The molecule has 3 aromatic rings. The highest BCUT2D eigenvalue weighted by atomic mass is 19.3. The van der Waals surface area contributed by atoms with Gasteiger partial charge in [0.15, 0.2) is 0 Å². The minimum absolute atomic E-state index is 0.00620. The van der Waals surface area contributed by atoms with E-state index in [2.05, 4.69) is 34.0 Å². The number of rotatable bonds is 9. The van der Waals surface area contributed by atoms with Crippen molar-refractivity contribution in [3.63, 3.8) is 0 Å². The zero-order valence-electron chi connectivity index (χ0n) is 20.5. The van der Waals surface area contributed by atoms with Gasteiger partial charge in [-0.25, -0.2) is 22.5 Å². The molecule has 0 saturated heterocycles. The van der Waals surface area contributed by atoms with Crippen LogP contribution in [-0.2, 0) is 6.42 Å². The van der Waals surface area contributed by atoms with Crippen molar-refractivity contribution in [1.29, 1.82) is 0 Å². The minimum atomic E-state index is -2.72. The number of benzene rings is 1. The Morgan fingerprint density at radius 1 is 1.19 bits per heavy atom. The Labute approximate surface area is 211 Å². The quantitative estimate of drug-likeness (QED) is 0.327. The first-order valence-electron chi connectivity index (χ1n) is 12.0. The van der Waals surface area contributed by atoms with Crippen molar-refractivity contribution in [1.82, 2.24) is 25.1 Å². The molecule has 2 aromatic heterocycles. The third kappa shape index (κ3) is 5.86. The lowest BCUT2D eigenvalue weighted by atomic mass is 9.77. The molecule has 0 saturated carbocycles. The van der Waals surface area contributed by atoms with Crippen molar-refractivity contribution in [2.24, 2.45) is 5.41 Å². The summed E-state index contributed by atoms with van der Waals surface area (Å²) >= 11 is 0. The molecule has 1 N–H and O–H groups in total. The van der Waals surface area contributed by atoms with Crippen LogP contribution in [-0.4, -0.2) is 50.5 Å². The number of nitrogens with one attached hydrogen (secondary N) is 1. The standard InChI is InChI=1S/C26H27F4N5O2/c1-26(2)11-20-15(10-19(33-34-20)24-17(27)7-5-8-18(24)28)16(26)6-3-4-9-35(14-22(29)30)25(37)21-12-32-23(36)13-31-21/h5,7-8,10,12-13,16,22H,3-4,6,9,11,14H2,1-2H3,(H,32,36)/t16-/m1/s1. The van der Waals surface area contributed by atoms with Gasteiger partial charge < -0.3 is 9.88 Å². The molecule has 1 atom stereocenters. The van der Waals surface area contributed by atoms with Gasteiger partial charge >= 0.3 is 0 Å². The van der Waals surface area contributed by atoms with Gasteiger partial charge in [-0.05, 0) is 54.4 Å². The van der Waals surface area contributed by atoms with E-state index in [0.717, 1.165) is 28.6 Å². The Bertz CT molecular complexity index is 1300. The number of hydrogen-bond donors (Lipinski definition) is 1. The Morgan fingerprint density at radius 3 is 2.57 bits per heavy atom. The van der Waals surface area contributed by atoms with E-state index >= 15 is 0 Å². The molecule has 196 valence electrons. The number of halogens is 4. The lowest BCUT2D eigenvalue weighted by Crippen LogP contribution is -2.36. The summed E-state index contributed by atoms with van der Waals surface area (Å²) in [6.45, 7) is 3.50. The maximum absolute atomic E-state index is 14.3. The molecule has 0 radical (unpaired) electrons. The molecule has 1 aromatic carbocycles. The molecule has 2 heterocycles. The van der Waals surface area contributed by atoms with Gasteiger partial charge in [0.05, 0.1) is 29.7 Å². The highest BCUT2D eigenvalue weighted by molar-refractivity contribution is 5.91.